The lowest BCUT2D eigenvalue weighted by Crippen LogP contribution is -2.49. The number of pyridine rings is 1. The van der Waals surface area contributed by atoms with E-state index < -0.39 is 22.5 Å². The van der Waals surface area contributed by atoms with E-state index in [9.17, 15) is 23.7 Å². The number of hydrogen-bond acceptors (Lipinski definition) is 5. The molecule has 1 amide bonds. The van der Waals surface area contributed by atoms with Gasteiger partial charge in [-0.2, -0.15) is 0 Å². The van der Waals surface area contributed by atoms with Crippen LogP contribution >= 0.6 is 0 Å². The van der Waals surface area contributed by atoms with Crippen LogP contribution in [0.3, 0.4) is 0 Å². The maximum atomic E-state index is 14.0. The lowest BCUT2D eigenvalue weighted by atomic mass is 10.1. The van der Waals surface area contributed by atoms with Crippen LogP contribution in [0, 0.1) is 28.7 Å². The van der Waals surface area contributed by atoms with Crippen LogP contribution in [-0.4, -0.2) is 46.9 Å². The third kappa shape index (κ3) is 3.54. The van der Waals surface area contributed by atoms with E-state index in [1.54, 1.807) is 19.1 Å². The van der Waals surface area contributed by atoms with Crippen LogP contribution in [-0.2, 0) is 0 Å². The summed E-state index contributed by atoms with van der Waals surface area (Å²) in [5.74, 6) is -2.10. The quantitative estimate of drug-likeness (QED) is 0.484. The number of para-hydroxylation sites is 1. The minimum Gasteiger partial charge on any atom is -0.367 e. The topological polar surface area (TPSA) is 79.6 Å². The van der Waals surface area contributed by atoms with Gasteiger partial charge in [0, 0.05) is 55.1 Å². The molecule has 3 aromatic rings. The molecule has 0 spiro atoms. The molecule has 0 N–H and O–H groups in total. The molecule has 154 valence electrons. The largest absolute Gasteiger partial charge is 0.367 e. The Bertz CT molecular complexity index is 1160. The first-order valence-corrected chi connectivity index (χ1v) is 9.39. The second kappa shape index (κ2) is 7.66. The molecule has 0 radical (unpaired) electrons. The summed E-state index contributed by atoms with van der Waals surface area (Å²) in [7, 11) is 0. The van der Waals surface area contributed by atoms with Crippen molar-refractivity contribution in [2.24, 2.45) is 0 Å². The van der Waals surface area contributed by atoms with Gasteiger partial charge in [0.15, 0.2) is 5.52 Å². The van der Waals surface area contributed by atoms with Crippen molar-refractivity contribution in [3.05, 3.63) is 75.5 Å². The number of fused-ring (bicyclic) bond motifs is 1. The minimum absolute atomic E-state index is 0.0574. The Morgan fingerprint density at radius 2 is 1.83 bits per heavy atom. The second-order valence-electron chi connectivity index (χ2n) is 7.12. The number of hydrogen-bond donors (Lipinski definition) is 0. The first-order valence-electron chi connectivity index (χ1n) is 9.39. The van der Waals surface area contributed by atoms with Gasteiger partial charge in [-0.1, -0.05) is 12.1 Å². The molecular weight excluding hydrogens is 394 g/mol. The highest BCUT2D eigenvalue weighted by atomic mass is 19.1. The van der Waals surface area contributed by atoms with Crippen molar-refractivity contribution in [3.8, 4) is 0 Å². The number of carbonyl (C=O) groups excluding carboxylic acids is 1. The maximum absolute atomic E-state index is 14.0. The van der Waals surface area contributed by atoms with Crippen LogP contribution in [0.4, 0.5) is 20.2 Å². The number of nitrogens with zero attached hydrogens (tertiary/aromatic N) is 4. The van der Waals surface area contributed by atoms with Gasteiger partial charge in [-0.25, -0.2) is 13.8 Å². The first-order chi connectivity index (χ1) is 14.3. The van der Waals surface area contributed by atoms with E-state index in [2.05, 4.69) is 4.98 Å². The monoisotopic (exact) mass is 412 g/mol. The number of nitro groups is 1. The van der Waals surface area contributed by atoms with Gasteiger partial charge in [-0.05, 0) is 25.1 Å². The Kier molecular flexibility index (Phi) is 5.03. The van der Waals surface area contributed by atoms with Gasteiger partial charge in [-0.3, -0.25) is 14.9 Å². The molecule has 0 bridgehead atoms. The number of aromatic nitrogens is 1. The van der Waals surface area contributed by atoms with Crippen molar-refractivity contribution in [2.75, 3.05) is 31.1 Å². The van der Waals surface area contributed by atoms with E-state index >= 15 is 0 Å². The van der Waals surface area contributed by atoms with Gasteiger partial charge >= 0.3 is 0 Å². The highest BCUT2D eigenvalue weighted by molar-refractivity contribution is 5.97. The summed E-state index contributed by atoms with van der Waals surface area (Å²) in [4.78, 5) is 31.4. The fourth-order valence-corrected chi connectivity index (χ4v) is 3.73. The molecular formula is C21H18F2N4O3. The van der Waals surface area contributed by atoms with Crippen molar-refractivity contribution < 1.29 is 18.5 Å². The smallest absolute Gasteiger partial charge is 0.295 e. The summed E-state index contributed by atoms with van der Waals surface area (Å²) in [6.07, 6.45) is 0. The Morgan fingerprint density at radius 3 is 2.50 bits per heavy atom. The predicted molar refractivity (Wildman–Crippen MR) is 108 cm³/mol. The average molecular weight is 412 g/mol. The third-order valence-corrected chi connectivity index (χ3v) is 5.19. The number of anilines is 1. The fraction of sp³-hybridized carbons (Fsp3) is 0.238. The summed E-state index contributed by atoms with van der Waals surface area (Å²) >= 11 is 0. The van der Waals surface area contributed by atoms with Gasteiger partial charge in [0.2, 0.25) is 0 Å². The Labute approximate surface area is 170 Å². The molecule has 2 aromatic carbocycles. The summed E-state index contributed by atoms with van der Waals surface area (Å²) in [5, 5.41) is 12.0. The third-order valence-electron chi connectivity index (χ3n) is 5.19. The number of halogens is 2. The number of aryl methyl sites for hydroxylation is 1. The van der Waals surface area contributed by atoms with E-state index in [1.807, 2.05) is 11.0 Å². The van der Waals surface area contributed by atoms with Crippen LogP contribution in [0.5, 0.6) is 0 Å². The number of benzene rings is 2. The zero-order chi connectivity index (χ0) is 21.4. The van der Waals surface area contributed by atoms with Gasteiger partial charge < -0.3 is 9.80 Å². The Balaban J connectivity index is 1.59. The minimum atomic E-state index is -0.884. The van der Waals surface area contributed by atoms with Gasteiger partial charge in [0.05, 0.1) is 10.5 Å². The van der Waals surface area contributed by atoms with Gasteiger partial charge in [0.25, 0.3) is 11.6 Å². The van der Waals surface area contributed by atoms with E-state index in [1.165, 1.54) is 11.0 Å². The zero-order valence-corrected chi connectivity index (χ0v) is 16.1. The van der Waals surface area contributed by atoms with Crippen LogP contribution in [0.1, 0.15) is 16.1 Å². The number of non-ortho nitro benzene ring substituents is 1. The standard InChI is InChI=1S/C21H18F2N4O3/c1-13-11-19(16-3-2-4-18(27(29)30)20(16)24-13)25-7-9-26(10-8-25)21(28)15-6-5-14(22)12-17(15)23/h2-6,11-12H,7-10H2,1H3. The molecule has 0 atom stereocenters. The van der Waals surface area contributed by atoms with Crippen molar-refractivity contribution in [3.63, 3.8) is 0 Å². The molecule has 7 nitrogen and oxygen atoms in total. The fourth-order valence-electron chi connectivity index (χ4n) is 3.73. The summed E-state index contributed by atoms with van der Waals surface area (Å²) in [5.41, 5.74) is 1.56. The van der Waals surface area contributed by atoms with E-state index in [4.69, 9.17) is 0 Å². The summed E-state index contributed by atoms with van der Waals surface area (Å²) in [6, 6.07) is 9.61. The number of nitro benzene ring substituents is 1. The normalized spacial score (nSPS) is 14.2. The lowest BCUT2D eigenvalue weighted by molar-refractivity contribution is -0.383. The molecule has 1 aliphatic rings. The van der Waals surface area contributed by atoms with E-state index in [0.717, 1.165) is 17.8 Å². The second-order valence-corrected chi connectivity index (χ2v) is 7.12. The van der Waals surface area contributed by atoms with Crippen LogP contribution in [0.2, 0.25) is 0 Å². The predicted octanol–water partition coefficient (Wildman–Crippen LogP) is 3.69. The van der Waals surface area contributed by atoms with Gasteiger partial charge in [0.1, 0.15) is 11.6 Å². The summed E-state index contributed by atoms with van der Waals surface area (Å²) < 4.78 is 27.1. The van der Waals surface area contributed by atoms with Gasteiger partial charge in [-0.15, -0.1) is 0 Å². The molecule has 2 heterocycles. The first kappa shape index (κ1) is 19.7. The lowest BCUT2D eigenvalue weighted by Gasteiger charge is -2.36. The van der Waals surface area contributed by atoms with Crippen molar-refractivity contribution in [2.45, 2.75) is 6.92 Å². The highest BCUT2D eigenvalue weighted by Gasteiger charge is 2.26. The van der Waals surface area contributed by atoms with Crippen molar-refractivity contribution in [1.82, 2.24) is 9.88 Å². The molecule has 0 unspecified atom stereocenters. The van der Waals surface area contributed by atoms with Crippen molar-refractivity contribution in [1.29, 1.82) is 0 Å². The zero-order valence-electron chi connectivity index (χ0n) is 16.1. The van der Waals surface area contributed by atoms with E-state index in [0.29, 0.717) is 48.8 Å². The SMILES string of the molecule is Cc1cc(N2CCN(C(=O)c3ccc(F)cc3F)CC2)c2cccc([N+](=O)[O-])c2n1. The van der Waals surface area contributed by atoms with Crippen LogP contribution in [0.15, 0.2) is 42.5 Å². The van der Waals surface area contributed by atoms with Crippen molar-refractivity contribution >= 4 is 28.2 Å². The molecule has 1 fully saturated rings. The molecule has 9 heteroatoms. The maximum Gasteiger partial charge on any atom is 0.295 e. The summed E-state index contributed by atoms with van der Waals surface area (Å²) in [6.45, 7) is 3.39. The number of piperazine rings is 1. The molecule has 1 aliphatic heterocycles. The molecule has 0 saturated carbocycles. The Hall–Kier alpha value is -3.62. The number of rotatable bonds is 3. The molecule has 0 aliphatic carbocycles. The van der Waals surface area contributed by atoms with E-state index in [-0.39, 0.29) is 11.3 Å². The van der Waals surface area contributed by atoms with Crippen LogP contribution < -0.4 is 4.90 Å². The number of amides is 1. The average Bonchev–Trinajstić information content (AvgIpc) is 2.72. The molecule has 30 heavy (non-hydrogen) atoms. The number of carbonyl (C=O) groups is 1. The molecule has 1 aromatic heterocycles. The molecule has 4 rings (SSSR count). The van der Waals surface area contributed by atoms with Crippen LogP contribution in [0.25, 0.3) is 10.9 Å². The molecule has 1 saturated heterocycles. The Morgan fingerprint density at radius 1 is 1.10 bits per heavy atom. The highest BCUT2D eigenvalue weighted by Crippen LogP contribution is 2.32.